The van der Waals surface area contributed by atoms with Gasteiger partial charge in [0.1, 0.15) is 0 Å². The molecule has 1 aromatic heterocycles. The number of aryl methyl sites for hydroxylation is 1. The minimum absolute atomic E-state index is 0.132. The lowest BCUT2D eigenvalue weighted by atomic mass is 10.2. The lowest BCUT2D eigenvalue weighted by Gasteiger charge is -2.07. The molecule has 6 heteroatoms. The van der Waals surface area contributed by atoms with Gasteiger partial charge in [-0.15, -0.1) is 0 Å². The lowest BCUT2D eigenvalue weighted by Crippen LogP contribution is -2.15. The van der Waals surface area contributed by atoms with Crippen LogP contribution in [0.3, 0.4) is 0 Å². The second kappa shape index (κ2) is 6.13. The van der Waals surface area contributed by atoms with Crippen molar-refractivity contribution in [2.45, 2.75) is 6.92 Å². The highest BCUT2D eigenvalue weighted by atomic mass is 19.1. The number of ether oxygens (including phenoxy) is 1. The van der Waals surface area contributed by atoms with Crippen LogP contribution in [0.1, 0.15) is 26.3 Å². The van der Waals surface area contributed by atoms with E-state index in [0.29, 0.717) is 16.8 Å². The van der Waals surface area contributed by atoms with Gasteiger partial charge in [0.05, 0.1) is 18.2 Å². The number of esters is 1. The van der Waals surface area contributed by atoms with Crippen LogP contribution >= 0.6 is 0 Å². The van der Waals surface area contributed by atoms with Crippen LogP contribution in [0.4, 0.5) is 10.1 Å². The molecule has 2 rings (SSSR count). The summed E-state index contributed by atoms with van der Waals surface area (Å²) in [5.41, 5.74) is 1.35. The van der Waals surface area contributed by atoms with Crippen LogP contribution in [0.5, 0.6) is 0 Å². The maximum Gasteiger partial charge on any atom is 0.337 e. The first kappa shape index (κ1) is 14.6. The highest BCUT2D eigenvalue weighted by molar-refractivity contribution is 6.04. The van der Waals surface area contributed by atoms with Gasteiger partial charge in [0.2, 0.25) is 5.95 Å². The van der Waals surface area contributed by atoms with Crippen LogP contribution in [-0.4, -0.2) is 24.0 Å². The molecule has 0 bridgehead atoms. The Morgan fingerprint density at radius 1 is 1.24 bits per heavy atom. The number of anilines is 1. The van der Waals surface area contributed by atoms with Gasteiger partial charge in [0, 0.05) is 11.9 Å². The van der Waals surface area contributed by atoms with Crippen LogP contribution in [0.25, 0.3) is 0 Å². The van der Waals surface area contributed by atoms with Crippen molar-refractivity contribution in [2.75, 3.05) is 12.4 Å². The molecule has 2 aromatic rings. The minimum atomic E-state index is -0.829. The second-order valence-electron chi connectivity index (χ2n) is 4.37. The molecule has 0 aliphatic heterocycles. The van der Waals surface area contributed by atoms with E-state index in [2.05, 4.69) is 15.0 Å². The molecule has 5 nitrogen and oxygen atoms in total. The molecule has 0 fully saturated rings. The summed E-state index contributed by atoms with van der Waals surface area (Å²) in [6, 6.07) is 7.50. The van der Waals surface area contributed by atoms with Crippen molar-refractivity contribution in [1.29, 1.82) is 0 Å². The number of halogens is 1. The van der Waals surface area contributed by atoms with Gasteiger partial charge in [-0.05, 0) is 42.8 Å². The smallest absolute Gasteiger partial charge is 0.337 e. The Kier molecular flexibility index (Phi) is 4.27. The molecule has 0 radical (unpaired) electrons. The maximum absolute atomic E-state index is 13.5. The summed E-state index contributed by atoms with van der Waals surface area (Å²) in [4.78, 5) is 26.8. The van der Waals surface area contributed by atoms with Crippen LogP contribution in [0.15, 0.2) is 36.5 Å². The summed E-state index contributed by atoms with van der Waals surface area (Å²) < 4.78 is 18.1. The van der Waals surface area contributed by atoms with Crippen molar-refractivity contribution in [3.05, 3.63) is 59.2 Å². The number of pyridine rings is 1. The summed E-state index contributed by atoms with van der Waals surface area (Å²) in [7, 11) is 1.28. The van der Waals surface area contributed by atoms with Crippen LogP contribution in [0, 0.1) is 12.9 Å². The zero-order valence-corrected chi connectivity index (χ0v) is 11.5. The zero-order chi connectivity index (χ0) is 15.4. The van der Waals surface area contributed by atoms with Crippen LogP contribution < -0.4 is 5.32 Å². The number of nitrogens with zero attached hydrogens (tertiary/aromatic N) is 1. The van der Waals surface area contributed by atoms with Gasteiger partial charge in [-0.1, -0.05) is 0 Å². The van der Waals surface area contributed by atoms with Crippen molar-refractivity contribution in [3.8, 4) is 0 Å². The zero-order valence-electron chi connectivity index (χ0n) is 11.5. The second-order valence-corrected chi connectivity index (χ2v) is 4.37. The molecule has 0 aliphatic rings. The molecular formula is C15H13FN2O3. The van der Waals surface area contributed by atoms with Crippen molar-refractivity contribution in [2.24, 2.45) is 0 Å². The molecule has 1 amide bonds. The molecule has 0 unspecified atom stereocenters. The molecule has 0 saturated carbocycles. The maximum atomic E-state index is 13.5. The molecule has 21 heavy (non-hydrogen) atoms. The molecule has 0 spiro atoms. The number of aromatic nitrogens is 1. The quantitative estimate of drug-likeness (QED) is 0.696. The van der Waals surface area contributed by atoms with Crippen LogP contribution in [-0.2, 0) is 4.74 Å². The number of rotatable bonds is 3. The first-order chi connectivity index (χ1) is 10.0. The van der Waals surface area contributed by atoms with E-state index in [4.69, 9.17) is 0 Å². The summed E-state index contributed by atoms with van der Waals surface area (Å²) in [6.45, 7) is 1.72. The number of carbonyl (C=O) groups is 2. The van der Waals surface area contributed by atoms with Gasteiger partial charge >= 0.3 is 5.97 Å². The number of amides is 1. The van der Waals surface area contributed by atoms with Gasteiger partial charge in [0.15, 0.2) is 0 Å². The van der Waals surface area contributed by atoms with Gasteiger partial charge in [-0.25, -0.2) is 9.78 Å². The standard InChI is InChI=1S/C15H13FN2O3/c1-9-7-12(13(16)17-8-9)14(19)18-11-5-3-10(4-6-11)15(20)21-2/h3-8H,1-2H3,(H,18,19). The Hall–Kier alpha value is -2.76. The first-order valence-corrected chi connectivity index (χ1v) is 6.13. The van der Waals surface area contributed by atoms with E-state index in [0.717, 1.165) is 0 Å². The number of nitrogens with one attached hydrogen (secondary N) is 1. The number of hydrogen-bond acceptors (Lipinski definition) is 4. The average Bonchev–Trinajstić information content (AvgIpc) is 2.49. The highest BCUT2D eigenvalue weighted by Crippen LogP contribution is 2.14. The molecule has 0 aliphatic carbocycles. The van der Waals surface area contributed by atoms with E-state index in [1.165, 1.54) is 43.6 Å². The van der Waals surface area contributed by atoms with Gasteiger partial charge in [-0.2, -0.15) is 4.39 Å². The van der Waals surface area contributed by atoms with Crippen molar-refractivity contribution < 1.29 is 18.7 Å². The number of benzene rings is 1. The third-order valence-electron chi connectivity index (χ3n) is 2.78. The molecular weight excluding hydrogens is 275 g/mol. The minimum Gasteiger partial charge on any atom is -0.465 e. The van der Waals surface area contributed by atoms with Crippen molar-refractivity contribution in [1.82, 2.24) is 4.98 Å². The summed E-state index contributed by atoms with van der Waals surface area (Å²) in [5.74, 6) is -1.90. The van der Waals surface area contributed by atoms with E-state index in [9.17, 15) is 14.0 Å². The number of methoxy groups -OCH3 is 1. The summed E-state index contributed by atoms with van der Waals surface area (Å²) in [6.07, 6.45) is 1.34. The van der Waals surface area contributed by atoms with E-state index in [-0.39, 0.29) is 5.56 Å². The molecule has 1 N–H and O–H groups in total. The van der Waals surface area contributed by atoms with Crippen molar-refractivity contribution in [3.63, 3.8) is 0 Å². The monoisotopic (exact) mass is 288 g/mol. The van der Waals surface area contributed by atoms with E-state index in [1.54, 1.807) is 6.92 Å². The highest BCUT2D eigenvalue weighted by Gasteiger charge is 2.13. The van der Waals surface area contributed by atoms with E-state index >= 15 is 0 Å². The molecule has 0 saturated heterocycles. The Bertz CT molecular complexity index is 684. The first-order valence-electron chi connectivity index (χ1n) is 6.13. The molecule has 108 valence electrons. The van der Waals surface area contributed by atoms with Gasteiger partial charge in [-0.3, -0.25) is 4.79 Å². The molecule has 0 atom stereocenters. The Balaban J connectivity index is 2.16. The fourth-order valence-corrected chi connectivity index (χ4v) is 1.72. The molecule has 1 heterocycles. The topological polar surface area (TPSA) is 68.3 Å². The Morgan fingerprint density at radius 3 is 2.52 bits per heavy atom. The Labute approximate surface area is 120 Å². The van der Waals surface area contributed by atoms with E-state index in [1.807, 2.05) is 0 Å². The fraction of sp³-hybridized carbons (Fsp3) is 0.133. The van der Waals surface area contributed by atoms with Crippen molar-refractivity contribution >= 4 is 17.6 Å². The predicted octanol–water partition coefficient (Wildman–Crippen LogP) is 2.57. The predicted molar refractivity (Wildman–Crippen MR) is 74.7 cm³/mol. The van der Waals surface area contributed by atoms with E-state index < -0.39 is 17.8 Å². The number of hydrogen-bond donors (Lipinski definition) is 1. The summed E-state index contributed by atoms with van der Waals surface area (Å²) in [5, 5.41) is 2.54. The third kappa shape index (κ3) is 3.42. The Morgan fingerprint density at radius 2 is 1.90 bits per heavy atom. The fourth-order valence-electron chi connectivity index (χ4n) is 1.72. The SMILES string of the molecule is COC(=O)c1ccc(NC(=O)c2cc(C)cnc2F)cc1. The number of carbonyl (C=O) groups excluding carboxylic acids is 2. The third-order valence-corrected chi connectivity index (χ3v) is 2.78. The van der Waals surface area contributed by atoms with Crippen LogP contribution in [0.2, 0.25) is 0 Å². The molecule has 1 aromatic carbocycles. The van der Waals surface area contributed by atoms with Gasteiger partial charge < -0.3 is 10.1 Å². The normalized spacial score (nSPS) is 10.0. The lowest BCUT2D eigenvalue weighted by molar-refractivity contribution is 0.0600. The summed E-state index contributed by atoms with van der Waals surface area (Å²) >= 11 is 0. The largest absolute Gasteiger partial charge is 0.465 e. The van der Waals surface area contributed by atoms with Gasteiger partial charge in [0.25, 0.3) is 5.91 Å². The average molecular weight is 288 g/mol.